The molecule has 0 radical (unpaired) electrons. The molecule has 2 atom stereocenters. The van der Waals surface area contributed by atoms with Crippen LogP contribution >= 0.6 is 0 Å². The molecule has 0 bridgehead atoms. The number of carbonyl (C=O) groups is 3. The van der Waals surface area contributed by atoms with Crippen LogP contribution in [0.3, 0.4) is 0 Å². The second-order valence-electron chi connectivity index (χ2n) is 21.2. The molecule has 0 rings (SSSR count). The number of carboxylic acids is 1. The van der Waals surface area contributed by atoms with Gasteiger partial charge in [0.05, 0.1) is 34.4 Å². The summed E-state index contributed by atoms with van der Waals surface area (Å²) in [6.45, 7) is 4.59. The number of carboxylic acid groups (broad SMARTS) is 1. The molecule has 0 aliphatic heterocycles. The highest BCUT2D eigenvalue weighted by molar-refractivity contribution is 5.71. The SMILES string of the molecule is CC/C=C\C/C=C\C/C=C\C/C=C\C/C=C\C/C=C\C/C=C\CCCCCCCCCCCCCCCC(=O)OC(COC(=O)CCCCC/C=C\C/C=C\C/C=C\C/C=C\C/C=C\CC)COC(OCC[N+](C)(C)C)C(=O)O. The van der Waals surface area contributed by atoms with E-state index in [9.17, 15) is 19.5 Å². The fourth-order valence-electron chi connectivity index (χ4n) is 7.90. The summed E-state index contributed by atoms with van der Waals surface area (Å²) in [5.41, 5.74) is 0. The van der Waals surface area contributed by atoms with E-state index < -0.39 is 24.3 Å². The van der Waals surface area contributed by atoms with Gasteiger partial charge in [-0.2, -0.15) is 0 Å². The lowest BCUT2D eigenvalue weighted by atomic mass is 10.0. The van der Waals surface area contributed by atoms with Gasteiger partial charge in [-0.15, -0.1) is 0 Å². The Labute approximate surface area is 483 Å². The predicted molar refractivity (Wildman–Crippen MR) is 336 cm³/mol. The lowest BCUT2D eigenvalue weighted by molar-refractivity contribution is -0.870. The maximum absolute atomic E-state index is 12.9. The Morgan fingerprint density at radius 2 is 0.684 bits per heavy atom. The van der Waals surface area contributed by atoms with Gasteiger partial charge in [-0.3, -0.25) is 9.59 Å². The molecule has 0 heterocycles. The number of aliphatic carboxylic acids is 1. The first-order valence-electron chi connectivity index (χ1n) is 31.0. The molecule has 1 N–H and O–H groups in total. The minimum absolute atomic E-state index is 0.174. The fourth-order valence-corrected chi connectivity index (χ4v) is 7.90. The van der Waals surface area contributed by atoms with Gasteiger partial charge in [0.2, 0.25) is 0 Å². The quantitative estimate of drug-likeness (QED) is 0.0211. The van der Waals surface area contributed by atoms with Crippen LogP contribution in [0.5, 0.6) is 0 Å². The third-order valence-electron chi connectivity index (χ3n) is 12.6. The largest absolute Gasteiger partial charge is 0.477 e. The molecule has 0 aromatic carbocycles. The molecular formula is C70H114NO8+. The Hall–Kier alpha value is -4.83. The summed E-state index contributed by atoms with van der Waals surface area (Å²) in [6, 6.07) is 0. The van der Waals surface area contributed by atoms with Gasteiger partial charge >= 0.3 is 17.9 Å². The number of nitrogens with zero attached hydrogens (tertiary/aromatic N) is 1. The van der Waals surface area contributed by atoms with Crippen molar-refractivity contribution in [1.82, 2.24) is 0 Å². The van der Waals surface area contributed by atoms with Crippen molar-refractivity contribution in [3.05, 3.63) is 146 Å². The highest BCUT2D eigenvalue weighted by atomic mass is 16.7. The van der Waals surface area contributed by atoms with E-state index in [0.29, 0.717) is 23.9 Å². The summed E-state index contributed by atoms with van der Waals surface area (Å²) in [4.78, 5) is 37.5. The van der Waals surface area contributed by atoms with Crippen molar-refractivity contribution in [3.8, 4) is 0 Å². The maximum Gasteiger partial charge on any atom is 0.361 e. The number of hydrogen-bond donors (Lipinski definition) is 1. The molecule has 0 amide bonds. The summed E-state index contributed by atoms with van der Waals surface area (Å²) in [5, 5.41) is 9.71. The van der Waals surface area contributed by atoms with Gasteiger partial charge in [0.1, 0.15) is 13.2 Å². The number of hydrogen-bond acceptors (Lipinski definition) is 7. The van der Waals surface area contributed by atoms with Gasteiger partial charge in [-0.05, 0) is 116 Å². The van der Waals surface area contributed by atoms with Gasteiger partial charge in [0.25, 0.3) is 6.29 Å². The molecule has 446 valence electrons. The Morgan fingerprint density at radius 1 is 0.380 bits per heavy atom. The van der Waals surface area contributed by atoms with Crippen LogP contribution in [-0.2, 0) is 33.3 Å². The van der Waals surface area contributed by atoms with Gasteiger partial charge in [-0.25, -0.2) is 4.79 Å². The molecule has 0 aliphatic carbocycles. The lowest BCUT2D eigenvalue weighted by Crippen LogP contribution is -2.40. The number of unbranched alkanes of at least 4 members (excludes halogenated alkanes) is 16. The number of carbonyl (C=O) groups excluding carboxylic acids is 2. The standard InChI is InChI=1S/C70H113NO8/c1-6-8-10-12-14-16-18-20-22-24-26-27-28-29-30-31-32-33-34-35-36-37-38-39-40-41-43-45-47-49-51-53-55-57-59-61-68(73)79-66(65-78-70(69(74)75)76-63-62-71(3,4)5)64-77-67(72)60-58-56-54-52-50-48-46-44-42-25-23-21-19-17-15-13-11-9-7-2/h8-11,14-17,20-23,26-27,29-30,32-33,35-36,42,44,48,50,66,70H,6-7,12-13,18-19,24-25,28,31,34,37-41,43,45-47,49,51-65H2,1-5H3/p+1/b10-8-,11-9-,16-14-,17-15-,22-20-,23-21-,27-26-,30-29-,33-32-,36-35-,44-42-,50-48-. The summed E-state index contributed by atoms with van der Waals surface area (Å²) in [5.74, 6) is -2.06. The van der Waals surface area contributed by atoms with Gasteiger partial charge in [0, 0.05) is 12.8 Å². The summed E-state index contributed by atoms with van der Waals surface area (Å²) < 4.78 is 22.9. The average Bonchev–Trinajstić information content (AvgIpc) is 3.42. The molecule has 2 unspecified atom stereocenters. The molecule has 0 aliphatic rings. The summed E-state index contributed by atoms with van der Waals surface area (Å²) in [7, 11) is 5.95. The summed E-state index contributed by atoms with van der Waals surface area (Å²) >= 11 is 0. The molecule has 9 nitrogen and oxygen atoms in total. The molecule has 79 heavy (non-hydrogen) atoms. The zero-order chi connectivity index (χ0) is 57.6. The number of likely N-dealkylation sites (N-methyl/N-ethyl adjacent to an activating group) is 1. The van der Waals surface area contributed by atoms with Crippen LogP contribution in [0, 0.1) is 0 Å². The van der Waals surface area contributed by atoms with Crippen molar-refractivity contribution < 1.29 is 42.9 Å². The van der Waals surface area contributed by atoms with Crippen molar-refractivity contribution in [1.29, 1.82) is 0 Å². The number of rotatable bonds is 55. The molecule has 0 saturated heterocycles. The lowest BCUT2D eigenvalue weighted by Gasteiger charge is -2.25. The van der Waals surface area contributed by atoms with Crippen LogP contribution in [0.2, 0.25) is 0 Å². The summed E-state index contributed by atoms with van der Waals surface area (Å²) in [6.07, 6.45) is 83.7. The minimum Gasteiger partial charge on any atom is -0.477 e. The second kappa shape index (κ2) is 59.3. The molecule has 0 aromatic heterocycles. The number of quaternary nitrogens is 1. The molecule has 9 heteroatoms. The van der Waals surface area contributed by atoms with Crippen LogP contribution < -0.4 is 0 Å². The van der Waals surface area contributed by atoms with Crippen molar-refractivity contribution in [2.45, 2.75) is 232 Å². The second-order valence-corrected chi connectivity index (χ2v) is 21.2. The first-order valence-corrected chi connectivity index (χ1v) is 31.0. The van der Waals surface area contributed by atoms with Gasteiger partial charge in [0.15, 0.2) is 6.10 Å². The van der Waals surface area contributed by atoms with E-state index in [-0.39, 0.29) is 38.6 Å². The monoisotopic (exact) mass is 1100 g/mol. The average molecular weight is 1100 g/mol. The number of esters is 2. The minimum atomic E-state index is -1.53. The molecule has 0 aromatic rings. The van der Waals surface area contributed by atoms with Crippen molar-refractivity contribution >= 4 is 17.9 Å². The Bertz CT molecular complexity index is 1800. The normalized spacial score (nSPS) is 13.8. The van der Waals surface area contributed by atoms with E-state index >= 15 is 0 Å². The molecule has 0 saturated carbocycles. The maximum atomic E-state index is 12.9. The van der Waals surface area contributed by atoms with Crippen molar-refractivity contribution in [2.24, 2.45) is 0 Å². The van der Waals surface area contributed by atoms with Crippen molar-refractivity contribution in [3.63, 3.8) is 0 Å². The molecule has 0 spiro atoms. The fraction of sp³-hybridized carbons (Fsp3) is 0.614. The Kier molecular flexibility index (Phi) is 55.7. The molecular weight excluding hydrogens is 983 g/mol. The van der Waals surface area contributed by atoms with Crippen molar-refractivity contribution in [2.75, 3.05) is 47.5 Å². The highest BCUT2D eigenvalue weighted by Crippen LogP contribution is 2.15. The third-order valence-corrected chi connectivity index (χ3v) is 12.6. The Morgan fingerprint density at radius 3 is 1.03 bits per heavy atom. The number of ether oxygens (including phenoxy) is 4. The zero-order valence-corrected chi connectivity index (χ0v) is 50.7. The topological polar surface area (TPSA) is 108 Å². The van der Waals surface area contributed by atoms with E-state index in [1.54, 1.807) is 0 Å². The smallest absolute Gasteiger partial charge is 0.361 e. The first kappa shape index (κ1) is 74.2. The van der Waals surface area contributed by atoms with E-state index in [4.69, 9.17) is 18.9 Å². The predicted octanol–water partition coefficient (Wildman–Crippen LogP) is 18.8. The van der Waals surface area contributed by atoms with Crippen LogP contribution in [0.15, 0.2) is 146 Å². The third kappa shape index (κ3) is 60.7. The van der Waals surface area contributed by atoms with Crippen LogP contribution in [0.1, 0.15) is 219 Å². The Balaban J connectivity index is 4.22. The zero-order valence-electron chi connectivity index (χ0n) is 50.7. The number of allylic oxidation sites excluding steroid dienone is 24. The van der Waals surface area contributed by atoms with Crippen LogP contribution in [0.4, 0.5) is 0 Å². The van der Waals surface area contributed by atoms with Gasteiger partial charge < -0.3 is 28.5 Å². The van der Waals surface area contributed by atoms with Crippen LogP contribution in [-0.4, -0.2) is 87.4 Å². The van der Waals surface area contributed by atoms with E-state index in [1.165, 1.54) is 64.2 Å². The van der Waals surface area contributed by atoms with E-state index in [1.807, 2.05) is 21.1 Å². The van der Waals surface area contributed by atoms with E-state index in [2.05, 4.69) is 160 Å². The van der Waals surface area contributed by atoms with E-state index in [0.717, 1.165) is 116 Å². The molecule has 0 fully saturated rings. The first-order chi connectivity index (χ1) is 38.6. The van der Waals surface area contributed by atoms with Crippen LogP contribution in [0.25, 0.3) is 0 Å². The van der Waals surface area contributed by atoms with Gasteiger partial charge in [-0.1, -0.05) is 237 Å². The highest BCUT2D eigenvalue weighted by Gasteiger charge is 2.25.